The van der Waals surface area contributed by atoms with Crippen molar-refractivity contribution in [3.8, 4) is 5.75 Å². The average molecular weight is 347 g/mol. The number of hydrogen-bond acceptors (Lipinski definition) is 3. The molecule has 1 saturated carbocycles. The Labute approximate surface area is 133 Å². The molecule has 0 atom stereocenters. The van der Waals surface area contributed by atoms with Crippen molar-refractivity contribution in [2.45, 2.75) is 39.0 Å². The Hall–Kier alpha value is -1.39. The minimum absolute atomic E-state index is 0.548. The van der Waals surface area contributed by atoms with Crippen LogP contribution in [0.4, 0.5) is 0 Å². The highest BCUT2D eigenvalue weighted by Gasteiger charge is 2.20. The zero-order valence-electron chi connectivity index (χ0n) is 12.1. The van der Waals surface area contributed by atoms with E-state index in [1.54, 1.807) is 0 Å². The fraction of sp³-hybridized carbons (Fsp3) is 0.353. The van der Waals surface area contributed by atoms with Gasteiger partial charge in [0.1, 0.15) is 12.4 Å². The molecule has 3 rings (SSSR count). The Bertz CT molecular complexity index is 626. The molecule has 21 heavy (non-hydrogen) atoms. The number of nitrogens with one attached hydrogen (secondary N) is 1. The standard InChI is InChI=1S/C17H19BrN2O/c1-12-6-13(9-19-8-12)11-21-17-5-2-15(18)7-14(17)10-20-16-3-4-16/h2,5-9,16,20H,3-4,10-11H2,1H3. The third kappa shape index (κ3) is 4.29. The molecule has 1 N–H and O–H groups in total. The number of rotatable bonds is 6. The molecule has 1 heterocycles. The van der Waals surface area contributed by atoms with Crippen molar-refractivity contribution >= 4 is 15.9 Å². The van der Waals surface area contributed by atoms with Crippen molar-refractivity contribution in [1.29, 1.82) is 0 Å². The Balaban J connectivity index is 1.68. The maximum atomic E-state index is 5.99. The lowest BCUT2D eigenvalue weighted by Crippen LogP contribution is -2.16. The minimum Gasteiger partial charge on any atom is -0.489 e. The molecule has 1 aromatic carbocycles. The van der Waals surface area contributed by atoms with Crippen LogP contribution >= 0.6 is 15.9 Å². The first kappa shape index (κ1) is 14.5. The topological polar surface area (TPSA) is 34.1 Å². The SMILES string of the molecule is Cc1cncc(COc2ccc(Br)cc2CNC2CC2)c1. The summed E-state index contributed by atoms with van der Waals surface area (Å²) in [6.45, 7) is 3.44. The van der Waals surface area contributed by atoms with E-state index in [1.807, 2.05) is 31.5 Å². The summed E-state index contributed by atoms with van der Waals surface area (Å²) in [6.07, 6.45) is 6.29. The Morgan fingerprint density at radius 3 is 2.90 bits per heavy atom. The lowest BCUT2D eigenvalue weighted by molar-refractivity contribution is 0.301. The molecule has 0 amide bonds. The number of ether oxygens (including phenoxy) is 1. The first-order chi connectivity index (χ1) is 10.2. The van der Waals surface area contributed by atoms with Crippen molar-refractivity contribution in [3.63, 3.8) is 0 Å². The van der Waals surface area contributed by atoms with Gasteiger partial charge in [0.2, 0.25) is 0 Å². The zero-order valence-corrected chi connectivity index (χ0v) is 13.7. The maximum absolute atomic E-state index is 5.99. The Morgan fingerprint density at radius 1 is 1.29 bits per heavy atom. The van der Waals surface area contributed by atoms with Gasteiger partial charge in [0.25, 0.3) is 0 Å². The highest BCUT2D eigenvalue weighted by atomic mass is 79.9. The van der Waals surface area contributed by atoms with Crippen molar-refractivity contribution in [2.24, 2.45) is 0 Å². The van der Waals surface area contributed by atoms with Gasteiger partial charge in [-0.05, 0) is 49.6 Å². The summed E-state index contributed by atoms with van der Waals surface area (Å²) in [6, 6.07) is 8.97. The van der Waals surface area contributed by atoms with Crippen LogP contribution < -0.4 is 10.1 Å². The van der Waals surface area contributed by atoms with Gasteiger partial charge in [0.05, 0.1) is 0 Å². The van der Waals surface area contributed by atoms with E-state index < -0.39 is 0 Å². The first-order valence-electron chi connectivity index (χ1n) is 7.26. The summed E-state index contributed by atoms with van der Waals surface area (Å²) in [5.41, 5.74) is 3.44. The van der Waals surface area contributed by atoms with Crippen LogP contribution in [0.15, 0.2) is 41.1 Å². The molecule has 1 aliphatic rings. The highest BCUT2D eigenvalue weighted by Crippen LogP contribution is 2.26. The van der Waals surface area contributed by atoms with E-state index in [4.69, 9.17) is 4.74 Å². The van der Waals surface area contributed by atoms with Crippen LogP contribution in [-0.2, 0) is 13.2 Å². The fourth-order valence-electron chi connectivity index (χ4n) is 2.23. The van der Waals surface area contributed by atoms with Gasteiger partial charge in [0, 0.05) is 40.6 Å². The first-order valence-corrected chi connectivity index (χ1v) is 8.05. The van der Waals surface area contributed by atoms with Gasteiger partial charge in [-0.25, -0.2) is 0 Å². The molecule has 1 aromatic heterocycles. The summed E-state index contributed by atoms with van der Waals surface area (Å²) < 4.78 is 7.07. The van der Waals surface area contributed by atoms with Gasteiger partial charge >= 0.3 is 0 Å². The zero-order chi connectivity index (χ0) is 14.7. The second-order valence-electron chi connectivity index (χ2n) is 5.57. The van der Waals surface area contributed by atoms with Gasteiger partial charge in [-0.15, -0.1) is 0 Å². The number of benzene rings is 1. The van der Waals surface area contributed by atoms with E-state index in [0.29, 0.717) is 12.6 Å². The van der Waals surface area contributed by atoms with Gasteiger partial charge < -0.3 is 10.1 Å². The predicted octanol–water partition coefficient (Wildman–Crippen LogP) is 3.98. The molecule has 110 valence electrons. The smallest absolute Gasteiger partial charge is 0.124 e. The number of halogens is 1. The van der Waals surface area contributed by atoms with E-state index in [-0.39, 0.29) is 0 Å². The van der Waals surface area contributed by atoms with Gasteiger partial charge in [0.15, 0.2) is 0 Å². The monoisotopic (exact) mass is 346 g/mol. The highest BCUT2D eigenvalue weighted by molar-refractivity contribution is 9.10. The molecule has 1 aliphatic carbocycles. The number of pyridine rings is 1. The normalized spacial score (nSPS) is 14.2. The molecule has 4 heteroatoms. The predicted molar refractivity (Wildman–Crippen MR) is 87.3 cm³/mol. The van der Waals surface area contributed by atoms with E-state index in [0.717, 1.165) is 27.9 Å². The molecule has 1 fully saturated rings. The molecule has 2 aromatic rings. The van der Waals surface area contributed by atoms with Crippen LogP contribution in [0.1, 0.15) is 29.5 Å². The lowest BCUT2D eigenvalue weighted by atomic mass is 10.2. The van der Waals surface area contributed by atoms with Gasteiger partial charge in [-0.3, -0.25) is 4.98 Å². The molecular weight excluding hydrogens is 328 g/mol. The second-order valence-corrected chi connectivity index (χ2v) is 6.48. The third-order valence-electron chi connectivity index (χ3n) is 3.51. The summed E-state index contributed by atoms with van der Waals surface area (Å²) >= 11 is 3.53. The molecule has 3 nitrogen and oxygen atoms in total. The van der Waals surface area contributed by atoms with Crippen LogP contribution in [-0.4, -0.2) is 11.0 Å². The van der Waals surface area contributed by atoms with E-state index in [9.17, 15) is 0 Å². The average Bonchev–Trinajstić information content (AvgIpc) is 3.28. The molecule has 0 radical (unpaired) electrons. The van der Waals surface area contributed by atoms with Crippen molar-refractivity contribution in [3.05, 3.63) is 57.8 Å². The van der Waals surface area contributed by atoms with Crippen LogP contribution in [0.25, 0.3) is 0 Å². The molecule has 0 aliphatic heterocycles. The minimum atomic E-state index is 0.548. The van der Waals surface area contributed by atoms with Crippen molar-refractivity contribution in [1.82, 2.24) is 10.3 Å². The summed E-state index contributed by atoms with van der Waals surface area (Å²) in [7, 11) is 0. The van der Waals surface area contributed by atoms with Crippen molar-refractivity contribution < 1.29 is 4.74 Å². The number of aromatic nitrogens is 1. The number of hydrogen-bond donors (Lipinski definition) is 1. The van der Waals surface area contributed by atoms with Gasteiger partial charge in [-0.1, -0.05) is 15.9 Å². The summed E-state index contributed by atoms with van der Waals surface area (Å²) in [4.78, 5) is 4.20. The lowest BCUT2D eigenvalue weighted by Gasteiger charge is -2.13. The number of aryl methyl sites for hydroxylation is 1. The molecule has 0 bridgehead atoms. The Morgan fingerprint density at radius 2 is 2.14 bits per heavy atom. The molecular formula is C17H19BrN2O. The van der Waals surface area contributed by atoms with E-state index in [2.05, 4.69) is 38.4 Å². The van der Waals surface area contributed by atoms with Crippen molar-refractivity contribution in [2.75, 3.05) is 0 Å². The molecule has 0 saturated heterocycles. The number of nitrogens with zero attached hydrogens (tertiary/aromatic N) is 1. The van der Waals surface area contributed by atoms with Crippen LogP contribution in [0.5, 0.6) is 5.75 Å². The van der Waals surface area contributed by atoms with Crippen LogP contribution in [0.3, 0.4) is 0 Å². The Kier molecular flexibility index (Phi) is 4.56. The van der Waals surface area contributed by atoms with Crippen LogP contribution in [0.2, 0.25) is 0 Å². The maximum Gasteiger partial charge on any atom is 0.124 e. The largest absolute Gasteiger partial charge is 0.489 e. The van der Waals surface area contributed by atoms with Crippen LogP contribution in [0, 0.1) is 6.92 Å². The van der Waals surface area contributed by atoms with E-state index in [1.165, 1.54) is 18.4 Å². The fourth-order valence-corrected chi connectivity index (χ4v) is 2.63. The quantitative estimate of drug-likeness (QED) is 0.858. The summed E-state index contributed by atoms with van der Waals surface area (Å²) in [5, 5.41) is 3.53. The third-order valence-corrected chi connectivity index (χ3v) is 4.00. The van der Waals surface area contributed by atoms with Gasteiger partial charge in [-0.2, -0.15) is 0 Å². The molecule has 0 spiro atoms. The van der Waals surface area contributed by atoms with E-state index >= 15 is 0 Å². The second kappa shape index (κ2) is 6.58. The summed E-state index contributed by atoms with van der Waals surface area (Å²) in [5.74, 6) is 0.938. The molecule has 0 unspecified atom stereocenters.